The smallest absolute Gasteiger partial charge is 0.270 e. The molecule has 0 bridgehead atoms. The number of allylic oxidation sites excluding steroid dienone is 2. The Morgan fingerprint density at radius 2 is 1.89 bits per heavy atom. The van der Waals surface area contributed by atoms with E-state index in [2.05, 4.69) is 44.1 Å². The highest BCUT2D eigenvalue weighted by molar-refractivity contribution is 6.00. The third-order valence-electron chi connectivity index (χ3n) is 6.79. The number of carbonyl (C=O) groups excluding carboxylic acids is 2. The van der Waals surface area contributed by atoms with Crippen LogP contribution in [0.1, 0.15) is 60.0 Å². The van der Waals surface area contributed by atoms with E-state index in [-0.39, 0.29) is 23.8 Å². The predicted octanol–water partition coefficient (Wildman–Crippen LogP) is 4.52. The van der Waals surface area contributed by atoms with Gasteiger partial charge in [0, 0.05) is 29.2 Å². The average Bonchev–Trinajstić information content (AvgIpc) is 3.51. The Hall–Kier alpha value is -4.01. The van der Waals surface area contributed by atoms with Crippen LogP contribution in [0, 0.1) is 19.8 Å². The van der Waals surface area contributed by atoms with E-state index in [1.807, 2.05) is 19.9 Å². The minimum atomic E-state index is -0.688. The van der Waals surface area contributed by atoms with Gasteiger partial charge in [0.25, 0.3) is 5.91 Å². The number of anilines is 1. The largest absolute Gasteiger partial charge is 0.339 e. The summed E-state index contributed by atoms with van der Waals surface area (Å²) < 4.78 is 1.55. The van der Waals surface area contributed by atoms with Gasteiger partial charge in [0.2, 0.25) is 5.91 Å². The number of aromatic amines is 1. The first-order chi connectivity index (χ1) is 17.4. The third kappa shape index (κ3) is 5.30. The molecule has 0 radical (unpaired) electrons. The van der Waals surface area contributed by atoms with Gasteiger partial charge in [-0.25, -0.2) is 9.67 Å². The summed E-state index contributed by atoms with van der Waals surface area (Å²) in [5.74, 6) is -0.160. The maximum Gasteiger partial charge on any atom is 0.270 e. The summed E-state index contributed by atoms with van der Waals surface area (Å²) in [6.07, 6.45) is 11.6. The van der Waals surface area contributed by atoms with Crippen LogP contribution in [0.5, 0.6) is 0 Å². The fourth-order valence-electron chi connectivity index (χ4n) is 4.90. The highest BCUT2D eigenvalue weighted by Gasteiger charge is 2.32. The molecule has 0 spiro atoms. The minimum Gasteiger partial charge on any atom is -0.339 e. The fourth-order valence-corrected chi connectivity index (χ4v) is 4.90. The fraction of sp³-hybridized carbons (Fsp3) is 0.370. The molecule has 0 saturated heterocycles. The van der Waals surface area contributed by atoms with Crippen LogP contribution in [0.3, 0.4) is 0 Å². The van der Waals surface area contributed by atoms with E-state index in [1.54, 1.807) is 41.4 Å². The third-order valence-corrected chi connectivity index (χ3v) is 6.79. The second kappa shape index (κ2) is 11.2. The number of amides is 2. The maximum absolute atomic E-state index is 13.4. The topological polar surface area (TPSA) is 118 Å². The van der Waals surface area contributed by atoms with Crippen LogP contribution >= 0.6 is 0 Å². The number of H-pyrrole nitrogens is 1. The van der Waals surface area contributed by atoms with Crippen LogP contribution in [-0.2, 0) is 4.79 Å². The van der Waals surface area contributed by atoms with Gasteiger partial charge in [0.1, 0.15) is 17.6 Å². The van der Waals surface area contributed by atoms with E-state index in [4.69, 9.17) is 0 Å². The highest BCUT2D eigenvalue weighted by atomic mass is 16.2. The molecule has 1 aliphatic carbocycles. The lowest BCUT2D eigenvalue weighted by Crippen LogP contribution is -2.49. The molecule has 3 aromatic rings. The zero-order valence-electron chi connectivity index (χ0n) is 20.8. The van der Waals surface area contributed by atoms with Gasteiger partial charge < -0.3 is 10.6 Å². The number of hydrogen-bond donors (Lipinski definition) is 3. The quantitative estimate of drug-likeness (QED) is 0.384. The van der Waals surface area contributed by atoms with Crippen molar-refractivity contribution in [3.8, 4) is 11.1 Å². The van der Waals surface area contributed by atoms with Gasteiger partial charge in [0.15, 0.2) is 0 Å². The van der Waals surface area contributed by atoms with Crippen LogP contribution < -0.4 is 10.6 Å². The van der Waals surface area contributed by atoms with Crippen molar-refractivity contribution in [3.63, 3.8) is 0 Å². The van der Waals surface area contributed by atoms with Crippen molar-refractivity contribution in [2.45, 2.75) is 58.0 Å². The normalized spacial score (nSPS) is 14.9. The van der Waals surface area contributed by atoms with Crippen molar-refractivity contribution in [3.05, 3.63) is 73.0 Å². The first-order valence-corrected chi connectivity index (χ1v) is 12.3. The molecule has 9 nitrogen and oxygen atoms in total. The van der Waals surface area contributed by atoms with E-state index < -0.39 is 6.04 Å². The Labute approximate surface area is 211 Å². The molecule has 0 aliphatic heterocycles. The summed E-state index contributed by atoms with van der Waals surface area (Å²) in [7, 11) is 0. The Morgan fingerprint density at radius 1 is 1.14 bits per heavy atom. The molecule has 0 aromatic carbocycles. The van der Waals surface area contributed by atoms with Crippen LogP contribution in [0.15, 0.2) is 55.9 Å². The molecule has 1 atom stereocenters. The Kier molecular flexibility index (Phi) is 7.77. The molecule has 3 aromatic heterocycles. The van der Waals surface area contributed by atoms with Crippen molar-refractivity contribution in [2.24, 2.45) is 5.92 Å². The Balaban J connectivity index is 1.53. The van der Waals surface area contributed by atoms with Gasteiger partial charge in [-0.1, -0.05) is 31.4 Å². The highest BCUT2D eigenvalue weighted by Crippen LogP contribution is 2.28. The molecule has 1 saturated carbocycles. The molecule has 3 heterocycles. The summed E-state index contributed by atoms with van der Waals surface area (Å²) in [5, 5.41) is 17.4. The minimum absolute atomic E-state index is 0.0455. The second-order valence-electron chi connectivity index (χ2n) is 9.20. The zero-order valence-corrected chi connectivity index (χ0v) is 20.8. The van der Waals surface area contributed by atoms with Crippen molar-refractivity contribution in [1.29, 1.82) is 0 Å². The summed E-state index contributed by atoms with van der Waals surface area (Å²) in [6, 6.07) is 4.29. The predicted molar refractivity (Wildman–Crippen MR) is 139 cm³/mol. The second-order valence-corrected chi connectivity index (χ2v) is 9.20. The van der Waals surface area contributed by atoms with Crippen LogP contribution in [-0.4, -0.2) is 42.8 Å². The molecule has 3 N–H and O–H groups in total. The Bertz CT molecular complexity index is 1210. The maximum atomic E-state index is 13.4. The summed E-state index contributed by atoms with van der Waals surface area (Å²) in [5.41, 5.74) is 4.12. The number of aryl methyl sites for hydroxylation is 2. The zero-order chi connectivity index (χ0) is 25.7. The van der Waals surface area contributed by atoms with Crippen LogP contribution in [0.25, 0.3) is 11.1 Å². The monoisotopic (exact) mass is 487 g/mol. The lowest BCUT2D eigenvalue weighted by molar-refractivity contribution is -0.119. The lowest BCUT2D eigenvalue weighted by Gasteiger charge is -2.30. The first kappa shape index (κ1) is 25.1. The molecule has 36 heavy (non-hydrogen) atoms. The molecule has 1 aliphatic rings. The van der Waals surface area contributed by atoms with Gasteiger partial charge in [-0.15, -0.1) is 13.2 Å². The van der Waals surface area contributed by atoms with Gasteiger partial charge in [0.05, 0.1) is 11.7 Å². The van der Waals surface area contributed by atoms with E-state index in [0.717, 1.165) is 54.6 Å². The number of hydrogen-bond acceptors (Lipinski definition) is 5. The molecule has 2 amide bonds. The van der Waals surface area contributed by atoms with Crippen molar-refractivity contribution >= 4 is 17.6 Å². The summed E-state index contributed by atoms with van der Waals surface area (Å²) in [6.45, 7) is 11.5. The van der Waals surface area contributed by atoms with Crippen molar-refractivity contribution in [1.82, 2.24) is 30.3 Å². The molecular formula is C27H33N7O2. The molecule has 4 rings (SSSR count). The van der Waals surface area contributed by atoms with E-state index in [1.165, 1.54) is 0 Å². The summed E-state index contributed by atoms with van der Waals surface area (Å²) in [4.78, 5) is 31.2. The number of nitrogens with zero attached hydrogens (tertiary/aromatic N) is 4. The van der Waals surface area contributed by atoms with E-state index in [9.17, 15) is 9.59 Å². The first-order valence-electron chi connectivity index (χ1n) is 12.3. The molecule has 1 fully saturated rings. The van der Waals surface area contributed by atoms with Gasteiger partial charge in [-0.05, 0) is 50.8 Å². The molecule has 9 heteroatoms. The summed E-state index contributed by atoms with van der Waals surface area (Å²) >= 11 is 0. The standard InChI is InChI=1S/C27H33N7O2/c1-5-21(6-2)34-22(14-15-29-34)26(35)31-25(19-10-8-7-9-11-19)27(36)30-23-13-12-20(16-28-23)24-17(3)32-33-18(24)4/h5-6,12-16,19,21,25H,1-2,7-11H2,3-4H3,(H,31,35)(H,32,33)(H,28,30,36)/t25-/m0/s1. The number of carbonyl (C=O) groups is 2. The van der Waals surface area contributed by atoms with Gasteiger partial charge >= 0.3 is 0 Å². The number of nitrogens with one attached hydrogen (secondary N) is 3. The molecular weight excluding hydrogens is 454 g/mol. The molecule has 0 unspecified atom stereocenters. The number of rotatable bonds is 9. The van der Waals surface area contributed by atoms with E-state index >= 15 is 0 Å². The average molecular weight is 488 g/mol. The van der Waals surface area contributed by atoms with Crippen molar-refractivity contribution < 1.29 is 9.59 Å². The van der Waals surface area contributed by atoms with Crippen LogP contribution in [0.2, 0.25) is 0 Å². The van der Waals surface area contributed by atoms with Crippen molar-refractivity contribution in [2.75, 3.05) is 5.32 Å². The SMILES string of the molecule is C=CC(C=C)n1nccc1C(=O)N[C@H](C(=O)Nc1ccc(-c2c(C)n[nH]c2C)cn1)C1CCCCC1. The van der Waals surface area contributed by atoms with Gasteiger partial charge in [-0.2, -0.15) is 10.2 Å². The lowest BCUT2D eigenvalue weighted by atomic mass is 9.83. The van der Waals surface area contributed by atoms with E-state index in [0.29, 0.717) is 11.5 Å². The van der Waals surface area contributed by atoms with Gasteiger partial charge in [-0.3, -0.25) is 14.7 Å². The number of pyridine rings is 1. The number of aromatic nitrogens is 5. The molecule has 188 valence electrons. The van der Waals surface area contributed by atoms with Crippen LogP contribution in [0.4, 0.5) is 5.82 Å². The Morgan fingerprint density at radius 3 is 2.50 bits per heavy atom.